The van der Waals surface area contributed by atoms with E-state index in [0.29, 0.717) is 0 Å². The number of alkyl halides is 1. The van der Waals surface area contributed by atoms with Crippen molar-refractivity contribution >= 4 is 15.9 Å². The topological polar surface area (TPSA) is 18.5 Å². The number of benzene rings is 2. The van der Waals surface area contributed by atoms with Crippen LogP contribution in [0.25, 0.3) is 0 Å². The minimum absolute atomic E-state index is 0.0544. The highest BCUT2D eigenvalue weighted by molar-refractivity contribution is 9.09. The summed E-state index contributed by atoms with van der Waals surface area (Å²) >= 11 is 3.71. The molecule has 1 saturated heterocycles. The molecule has 4 rings (SSSR count). The van der Waals surface area contributed by atoms with Gasteiger partial charge in [0.05, 0.1) is 0 Å². The fraction of sp³-hybridized carbons (Fsp3) is 0.455. The van der Waals surface area contributed by atoms with Gasteiger partial charge in [-0.1, -0.05) is 83.5 Å². The molecule has 0 aromatic heterocycles. The predicted molar refractivity (Wildman–Crippen MR) is 104 cm³/mol. The summed E-state index contributed by atoms with van der Waals surface area (Å²) in [5.41, 5.74) is 2.61. The van der Waals surface area contributed by atoms with Crippen molar-refractivity contribution in [3.05, 3.63) is 71.8 Å². The highest BCUT2D eigenvalue weighted by Crippen LogP contribution is 2.55. The van der Waals surface area contributed by atoms with Crippen LogP contribution >= 0.6 is 15.9 Å². The second-order valence-electron chi connectivity index (χ2n) is 7.78. The molecule has 0 amide bonds. The molecule has 1 aliphatic carbocycles. The van der Waals surface area contributed by atoms with E-state index in [1.54, 1.807) is 0 Å². The lowest BCUT2D eigenvalue weighted by molar-refractivity contribution is -0.213. The third-order valence-electron chi connectivity index (χ3n) is 5.57. The molecular weight excluding hydrogens is 376 g/mol. The van der Waals surface area contributed by atoms with Crippen LogP contribution in [0.2, 0.25) is 0 Å². The molecular formula is C22H25BrO2. The Morgan fingerprint density at radius 1 is 0.880 bits per heavy atom. The standard InChI is InChI=1S/C22H25BrO2/c1-21(16-23)13-8-14-22(15-21)24-19(17-9-4-2-5-10-17)20(25-22)18-11-6-3-7-12-18/h2-7,9-12,19-20H,8,13-16H2,1H3. The molecule has 3 heteroatoms. The molecule has 2 aromatic carbocycles. The molecule has 1 heterocycles. The van der Waals surface area contributed by atoms with E-state index in [0.717, 1.165) is 24.6 Å². The number of rotatable bonds is 3. The zero-order chi connectivity index (χ0) is 17.3. The van der Waals surface area contributed by atoms with Crippen LogP contribution < -0.4 is 0 Å². The molecule has 2 aliphatic rings. The van der Waals surface area contributed by atoms with Crippen molar-refractivity contribution in [2.45, 2.75) is 50.6 Å². The summed E-state index contributed by atoms with van der Waals surface area (Å²) in [7, 11) is 0. The minimum Gasteiger partial charge on any atom is -0.339 e. The van der Waals surface area contributed by atoms with Crippen molar-refractivity contribution in [2.24, 2.45) is 5.41 Å². The Morgan fingerprint density at radius 2 is 1.40 bits per heavy atom. The van der Waals surface area contributed by atoms with Gasteiger partial charge < -0.3 is 9.47 Å². The van der Waals surface area contributed by atoms with Crippen LogP contribution in [0, 0.1) is 5.41 Å². The van der Waals surface area contributed by atoms with Gasteiger partial charge in [-0.2, -0.15) is 0 Å². The maximum Gasteiger partial charge on any atom is 0.170 e. The molecule has 0 radical (unpaired) electrons. The lowest BCUT2D eigenvalue weighted by Gasteiger charge is -2.42. The van der Waals surface area contributed by atoms with E-state index in [4.69, 9.17) is 9.47 Å². The van der Waals surface area contributed by atoms with E-state index in [-0.39, 0.29) is 17.6 Å². The Bertz CT molecular complexity index is 655. The third-order valence-corrected chi connectivity index (χ3v) is 6.93. The van der Waals surface area contributed by atoms with Crippen LogP contribution in [0.15, 0.2) is 60.7 Å². The minimum atomic E-state index is -0.470. The zero-order valence-electron chi connectivity index (χ0n) is 14.7. The normalized spacial score (nSPS) is 35.1. The summed E-state index contributed by atoms with van der Waals surface area (Å²) in [6.45, 7) is 2.34. The van der Waals surface area contributed by atoms with E-state index >= 15 is 0 Å². The average molecular weight is 401 g/mol. The van der Waals surface area contributed by atoms with Crippen LogP contribution in [-0.4, -0.2) is 11.1 Å². The molecule has 2 nitrogen and oxygen atoms in total. The average Bonchev–Trinajstić information content (AvgIpc) is 3.02. The first kappa shape index (κ1) is 17.3. The maximum atomic E-state index is 6.70. The Balaban J connectivity index is 1.69. The first-order valence-electron chi connectivity index (χ1n) is 9.15. The fourth-order valence-electron chi connectivity index (χ4n) is 4.31. The van der Waals surface area contributed by atoms with Gasteiger partial charge in [-0.25, -0.2) is 0 Å². The summed E-state index contributed by atoms with van der Waals surface area (Å²) in [6.07, 6.45) is 4.17. The van der Waals surface area contributed by atoms with Crippen molar-refractivity contribution in [1.29, 1.82) is 0 Å². The van der Waals surface area contributed by atoms with E-state index in [9.17, 15) is 0 Å². The van der Waals surface area contributed by atoms with Gasteiger partial charge in [-0.3, -0.25) is 0 Å². The number of hydrogen-bond acceptors (Lipinski definition) is 2. The van der Waals surface area contributed by atoms with Crippen molar-refractivity contribution < 1.29 is 9.47 Å². The molecule has 1 saturated carbocycles. The van der Waals surface area contributed by atoms with Gasteiger partial charge in [0.1, 0.15) is 12.2 Å². The smallest absolute Gasteiger partial charge is 0.170 e. The highest BCUT2D eigenvalue weighted by Gasteiger charge is 2.53. The molecule has 3 unspecified atom stereocenters. The van der Waals surface area contributed by atoms with Crippen LogP contribution in [0.4, 0.5) is 0 Å². The van der Waals surface area contributed by atoms with Crippen LogP contribution in [-0.2, 0) is 9.47 Å². The molecule has 2 aromatic rings. The number of ether oxygens (including phenoxy) is 2. The first-order chi connectivity index (χ1) is 12.1. The highest BCUT2D eigenvalue weighted by atomic mass is 79.9. The summed E-state index contributed by atoms with van der Waals surface area (Å²) < 4.78 is 13.4. The SMILES string of the molecule is CC1(CBr)CCCC2(C1)OC(c1ccccc1)C(c1ccccc1)O2. The largest absolute Gasteiger partial charge is 0.339 e. The van der Waals surface area contributed by atoms with Gasteiger partial charge in [0.25, 0.3) is 0 Å². The Hall–Kier alpha value is -1.16. The predicted octanol–water partition coefficient (Wildman–Crippen LogP) is 6.19. The van der Waals surface area contributed by atoms with E-state index in [1.165, 1.54) is 17.5 Å². The monoisotopic (exact) mass is 400 g/mol. The van der Waals surface area contributed by atoms with Crippen molar-refractivity contribution in [1.82, 2.24) is 0 Å². The van der Waals surface area contributed by atoms with Gasteiger partial charge >= 0.3 is 0 Å². The van der Waals surface area contributed by atoms with E-state index < -0.39 is 5.79 Å². The first-order valence-corrected chi connectivity index (χ1v) is 10.3. The zero-order valence-corrected chi connectivity index (χ0v) is 16.2. The molecule has 2 fully saturated rings. The third kappa shape index (κ3) is 3.42. The summed E-state index contributed by atoms with van der Waals surface area (Å²) in [6, 6.07) is 21.0. The summed E-state index contributed by atoms with van der Waals surface area (Å²) in [4.78, 5) is 0. The molecule has 25 heavy (non-hydrogen) atoms. The molecule has 132 valence electrons. The second kappa shape index (κ2) is 6.86. The van der Waals surface area contributed by atoms with Crippen molar-refractivity contribution in [3.63, 3.8) is 0 Å². The summed E-state index contributed by atoms with van der Waals surface area (Å²) in [5, 5.41) is 0.987. The molecule has 1 aliphatic heterocycles. The van der Waals surface area contributed by atoms with Crippen LogP contribution in [0.1, 0.15) is 55.9 Å². The second-order valence-corrected chi connectivity index (χ2v) is 8.34. The lowest BCUT2D eigenvalue weighted by Crippen LogP contribution is -2.42. The van der Waals surface area contributed by atoms with Gasteiger partial charge in [0, 0.05) is 18.2 Å². The van der Waals surface area contributed by atoms with Crippen LogP contribution in [0.5, 0.6) is 0 Å². The summed E-state index contributed by atoms with van der Waals surface area (Å²) in [5.74, 6) is -0.470. The Morgan fingerprint density at radius 3 is 1.88 bits per heavy atom. The fourth-order valence-corrected chi connectivity index (χ4v) is 4.79. The Kier molecular flexibility index (Phi) is 4.74. The molecule has 0 N–H and O–H groups in total. The number of hydrogen-bond donors (Lipinski definition) is 0. The maximum absolute atomic E-state index is 6.70. The molecule has 0 bridgehead atoms. The van der Waals surface area contributed by atoms with Crippen molar-refractivity contribution in [2.75, 3.05) is 5.33 Å². The van der Waals surface area contributed by atoms with Gasteiger partial charge in [0.15, 0.2) is 5.79 Å². The van der Waals surface area contributed by atoms with E-state index in [2.05, 4.69) is 83.5 Å². The molecule has 1 spiro atoms. The van der Waals surface area contributed by atoms with Gasteiger partial charge in [0.2, 0.25) is 0 Å². The van der Waals surface area contributed by atoms with E-state index in [1.807, 2.05) is 0 Å². The van der Waals surface area contributed by atoms with Gasteiger partial charge in [-0.15, -0.1) is 0 Å². The quantitative estimate of drug-likeness (QED) is 0.571. The lowest BCUT2D eigenvalue weighted by atomic mass is 9.74. The van der Waals surface area contributed by atoms with Crippen molar-refractivity contribution in [3.8, 4) is 0 Å². The van der Waals surface area contributed by atoms with Gasteiger partial charge in [-0.05, 0) is 29.4 Å². The van der Waals surface area contributed by atoms with Crippen LogP contribution in [0.3, 0.4) is 0 Å². The Labute approximate surface area is 158 Å². The molecule has 3 atom stereocenters. The number of halogens is 1.